The molecule has 0 unspecified atom stereocenters. The molecular formula is C11H18N4O. The highest BCUT2D eigenvalue weighted by Gasteiger charge is 2.18. The maximum atomic E-state index is 11.9. The highest BCUT2D eigenvalue weighted by atomic mass is 16.2. The third kappa shape index (κ3) is 2.35. The second-order valence-electron chi connectivity index (χ2n) is 4.41. The van der Waals surface area contributed by atoms with Crippen molar-refractivity contribution in [2.75, 3.05) is 5.73 Å². The third-order valence-corrected chi connectivity index (χ3v) is 2.98. The van der Waals surface area contributed by atoms with Gasteiger partial charge in [0.25, 0.3) is 0 Å². The lowest BCUT2D eigenvalue weighted by Gasteiger charge is -2.22. The molecule has 1 aliphatic rings. The standard InChI is InChI=1S/C11H18N4O/c1-8-7-10(12)15(14-8)11(16)13-9-5-3-2-4-6-9/h7,9H,2-6,12H2,1H3,(H,13,16). The molecule has 0 atom stereocenters. The van der Waals surface area contributed by atoms with Gasteiger partial charge in [-0.15, -0.1) is 0 Å². The second-order valence-corrected chi connectivity index (χ2v) is 4.41. The summed E-state index contributed by atoms with van der Waals surface area (Å²) in [6, 6.07) is 1.77. The Balaban J connectivity index is 1.99. The zero-order valence-corrected chi connectivity index (χ0v) is 9.57. The lowest BCUT2D eigenvalue weighted by molar-refractivity contribution is 0.231. The van der Waals surface area contributed by atoms with Crippen molar-refractivity contribution >= 4 is 11.8 Å². The summed E-state index contributed by atoms with van der Waals surface area (Å²) in [7, 11) is 0. The van der Waals surface area contributed by atoms with E-state index < -0.39 is 0 Å². The molecule has 1 aromatic rings. The van der Waals surface area contributed by atoms with E-state index in [-0.39, 0.29) is 12.1 Å². The molecule has 1 aromatic heterocycles. The SMILES string of the molecule is Cc1cc(N)n(C(=O)NC2CCCCC2)n1. The molecule has 5 heteroatoms. The van der Waals surface area contributed by atoms with E-state index in [1.165, 1.54) is 23.9 Å². The van der Waals surface area contributed by atoms with E-state index in [1.54, 1.807) is 6.07 Å². The van der Waals surface area contributed by atoms with E-state index in [0.717, 1.165) is 18.5 Å². The van der Waals surface area contributed by atoms with Crippen molar-refractivity contribution in [2.24, 2.45) is 0 Å². The summed E-state index contributed by atoms with van der Waals surface area (Å²) in [5.74, 6) is 0.394. The summed E-state index contributed by atoms with van der Waals surface area (Å²) in [5.41, 5.74) is 6.45. The molecule has 0 bridgehead atoms. The Morgan fingerprint density at radius 1 is 1.50 bits per heavy atom. The van der Waals surface area contributed by atoms with Gasteiger partial charge in [-0.05, 0) is 19.8 Å². The smallest absolute Gasteiger partial charge is 0.344 e. The van der Waals surface area contributed by atoms with Crippen LogP contribution in [-0.2, 0) is 0 Å². The number of nitrogens with zero attached hydrogens (tertiary/aromatic N) is 2. The molecule has 0 radical (unpaired) electrons. The Bertz CT molecular complexity index is 379. The normalized spacial score (nSPS) is 17.3. The Morgan fingerprint density at radius 2 is 2.19 bits per heavy atom. The maximum absolute atomic E-state index is 11.9. The lowest BCUT2D eigenvalue weighted by Crippen LogP contribution is -2.39. The number of hydrogen-bond donors (Lipinski definition) is 2. The van der Waals surface area contributed by atoms with Gasteiger partial charge in [0.05, 0.1) is 5.69 Å². The van der Waals surface area contributed by atoms with Crippen LogP contribution in [0.5, 0.6) is 0 Å². The van der Waals surface area contributed by atoms with Crippen molar-refractivity contribution in [1.29, 1.82) is 0 Å². The van der Waals surface area contributed by atoms with Gasteiger partial charge in [0.15, 0.2) is 0 Å². The van der Waals surface area contributed by atoms with Gasteiger partial charge >= 0.3 is 6.03 Å². The third-order valence-electron chi connectivity index (χ3n) is 2.98. The first-order valence-corrected chi connectivity index (χ1v) is 5.80. The van der Waals surface area contributed by atoms with Crippen LogP contribution in [-0.4, -0.2) is 21.9 Å². The van der Waals surface area contributed by atoms with Crippen LogP contribution in [0, 0.1) is 6.92 Å². The minimum atomic E-state index is -0.211. The first kappa shape index (κ1) is 11.0. The van der Waals surface area contributed by atoms with Gasteiger partial charge < -0.3 is 11.1 Å². The van der Waals surface area contributed by atoms with Crippen LogP contribution in [0.2, 0.25) is 0 Å². The first-order valence-electron chi connectivity index (χ1n) is 5.80. The van der Waals surface area contributed by atoms with Crippen molar-refractivity contribution in [3.63, 3.8) is 0 Å². The van der Waals surface area contributed by atoms with Crippen LogP contribution >= 0.6 is 0 Å². The monoisotopic (exact) mass is 222 g/mol. The van der Waals surface area contributed by atoms with Crippen LogP contribution in [0.25, 0.3) is 0 Å². The molecule has 1 amide bonds. The number of aryl methyl sites for hydroxylation is 1. The van der Waals surface area contributed by atoms with Crippen molar-refractivity contribution in [1.82, 2.24) is 15.1 Å². The Morgan fingerprint density at radius 3 is 2.75 bits per heavy atom. The van der Waals surface area contributed by atoms with Crippen LogP contribution in [0.1, 0.15) is 37.8 Å². The van der Waals surface area contributed by atoms with E-state index in [4.69, 9.17) is 5.73 Å². The Hall–Kier alpha value is -1.52. The molecule has 1 fully saturated rings. The summed E-state index contributed by atoms with van der Waals surface area (Å²) in [5, 5.41) is 7.03. The van der Waals surface area contributed by atoms with E-state index in [0.29, 0.717) is 5.82 Å². The number of nitrogens with two attached hydrogens (primary N) is 1. The van der Waals surface area contributed by atoms with Gasteiger partial charge in [-0.25, -0.2) is 4.79 Å². The van der Waals surface area contributed by atoms with Crippen LogP contribution in [0.15, 0.2) is 6.07 Å². The van der Waals surface area contributed by atoms with Crippen molar-refractivity contribution in [3.05, 3.63) is 11.8 Å². The minimum absolute atomic E-state index is 0.211. The molecule has 0 spiro atoms. The highest BCUT2D eigenvalue weighted by Crippen LogP contribution is 2.17. The molecule has 5 nitrogen and oxygen atoms in total. The van der Waals surface area contributed by atoms with E-state index in [9.17, 15) is 4.79 Å². The summed E-state index contributed by atoms with van der Waals surface area (Å²) in [6.07, 6.45) is 5.78. The summed E-state index contributed by atoms with van der Waals surface area (Å²) >= 11 is 0. The molecule has 0 aliphatic heterocycles. The molecule has 16 heavy (non-hydrogen) atoms. The van der Waals surface area contributed by atoms with E-state index in [1.807, 2.05) is 6.92 Å². The first-order chi connectivity index (χ1) is 7.66. The minimum Gasteiger partial charge on any atom is -0.383 e. The number of nitrogens with one attached hydrogen (secondary N) is 1. The number of hydrogen-bond acceptors (Lipinski definition) is 3. The van der Waals surface area contributed by atoms with E-state index >= 15 is 0 Å². The largest absolute Gasteiger partial charge is 0.383 e. The lowest BCUT2D eigenvalue weighted by atomic mass is 9.96. The number of amides is 1. The topological polar surface area (TPSA) is 72.9 Å². The summed E-state index contributed by atoms with van der Waals surface area (Å²) in [4.78, 5) is 11.9. The van der Waals surface area contributed by atoms with Gasteiger partial charge in [0.1, 0.15) is 5.82 Å². The van der Waals surface area contributed by atoms with Crippen molar-refractivity contribution in [3.8, 4) is 0 Å². The summed E-state index contributed by atoms with van der Waals surface area (Å²) < 4.78 is 1.24. The second kappa shape index (κ2) is 4.55. The van der Waals surface area contributed by atoms with Gasteiger partial charge in [0.2, 0.25) is 0 Å². The predicted octanol–water partition coefficient (Wildman–Crippen LogP) is 1.66. The molecule has 3 N–H and O–H groups in total. The number of nitrogen functional groups attached to an aromatic ring is 1. The molecule has 1 saturated carbocycles. The van der Waals surface area contributed by atoms with Crippen LogP contribution in [0.4, 0.5) is 10.6 Å². The predicted molar refractivity (Wildman–Crippen MR) is 62.2 cm³/mol. The molecule has 0 aromatic carbocycles. The zero-order valence-electron chi connectivity index (χ0n) is 9.57. The maximum Gasteiger partial charge on any atom is 0.344 e. The van der Waals surface area contributed by atoms with Crippen LogP contribution in [0.3, 0.4) is 0 Å². The molecular weight excluding hydrogens is 204 g/mol. The van der Waals surface area contributed by atoms with Crippen LogP contribution < -0.4 is 11.1 Å². The average molecular weight is 222 g/mol. The van der Waals surface area contributed by atoms with E-state index in [2.05, 4.69) is 10.4 Å². The number of carbonyl (C=O) groups is 1. The number of carbonyl (C=O) groups excluding carboxylic acids is 1. The molecule has 2 rings (SSSR count). The van der Waals surface area contributed by atoms with Gasteiger partial charge in [0, 0.05) is 12.1 Å². The fourth-order valence-electron chi connectivity index (χ4n) is 2.16. The Labute approximate surface area is 95.0 Å². The zero-order chi connectivity index (χ0) is 11.5. The fraction of sp³-hybridized carbons (Fsp3) is 0.636. The molecule has 88 valence electrons. The number of rotatable bonds is 1. The number of aromatic nitrogens is 2. The molecule has 0 saturated heterocycles. The van der Waals surface area contributed by atoms with Gasteiger partial charge in [-0.2, -0.15) is 9.78 Å². The van der Waals surface area contributed by atoms with Crippen molar-refractivity contribution in [2.45, 2.75) is 45.1 Å². The Kier molecular flexibility index (Phi) is 3.12. The van der Waals surface area contributed by atoms with Gasteiger partial charge in [-0.3, -0.25) is 0 Å². The summed E-state index contributed by atoms with van der Waals surface area (Å²) in [6.45, 7) is 1.82. The quantitative estimate of drug-likeness (QED) is 0.759. The molecule has 1 heterocycles. The molecule has 1 aliphatic carbocycles. The highest BCUT2D eigenvalue weighted by molar-refractivity contribution is 5.79. The number of anilines is 1. The fourth-order valence-corrected chi connectivity index (χ4v) is 2.16. The van der Waals surface area contributed by atoms with Crippen molar-refractivity contribution < 1.29 is 4.79 Å². The average Bonchev–Trinajstić information content (AvgIpc) is 2.59. The van der Waals surface area contributed by atoms with Gasteiger partial charge in [-0.1, -0.05) is 19.3 Å².